The van der Waals surface area contributed by atoms with E-state index in [1.807, 2.05) is 36.5 Å². The number of aromatic amines is 1. The van der Waals surface area contributed by atoms with Crippen molar-refractivity contribution < 1.29 is 14.9 Å². The Hall–Kier alpha value is -3.39. The van der Waals surface area contributed by atoms with Gasteiger partial charge in [-0.15, -0.1) is 0 Å². The molecule has 164 valence electrons. The van der Waals surface area contributed by atoms with Crippen LogP contribution in [0.4, 0.5) is 5.82 Å². The fraction of sp³-hybridized carbons (Fsp3) is 0.100. The van der Waals surface area contributed by atoms with Crippen LogP contribution in [0.15, 0.2) is 76.2 Å². The molecule has 0 aliphatic carbocycles. The molecule has 13 heteroatoms. The van der Waals surface area contributed by atoms with E-state index >= 15 is 0 Å². The summed E-state index contributed by atoms with van der Waals surface area (Å²) >= 11 is 2.73. The Balaban J connectivity index is 1.55. The summed E-state index contributed by atoms with van der Waals surface area (Å²) in [5.74, 6) is 1.25. The first-order chi connectivity index (χ1) is 16.2. The number of nitrogens with one attached hydrogen (secondary N) is 1. The molecule has 0 saturated carbocycles. The third-order valence-electron chi connectivity index (χ3n) is 4.46. The van der Waals surface area contributed by atoms with Gasteiger partial charge in [0.1, 0.15) is 0 Å². The molecule has 0 radical (unpaired) electrons. The van der Waals surface area contributed by atoms with Gasteiger partial charge in [0.05, 0.1) is 0 Å². The van der Waals surface area contributed by atoms with Gasteiger partial charge in [-0.25, -0.2) is 0 Å². The summed E-state index contributed by atoms with van der Waals surface area (Å²) < 4.78 is 7.95. The first-order valence-electron chi connectivity index (χ1n) is 9.76. The van der Waals surface area contributed by atoms with Crippen molar-refractivity contribution in [3.8, 4) is 11.5 Å². The second-order valence-corrected chi connectivity index (χ2v) is 8.68. The first kappa shape index (κ1) is 21.5. The van der Waals surface area contributed by atoms with E-state index in [9.17, 15) is 5.11 Å². The summed E-state index contributed by atoms with van der Waals surface area (Å²) in [4.78, 5) is 17.7. The van der Waals surface area contributed by atoms with Crippen molar-refractivity contribution >= 4 is 40.6 Å². The summed E-state index contributed by atoms with van der Waals surface area (Å²) in [5.41, 5.74) is 1.03. The zero-order chi connectivity index (χ0) is 22.6. The molecule has 33 heavy (non-hydrogen) atoms. The number of hydrogen-bond donors (Lipinski definition) is 3. The summed E-state index contributed by atoms with van der Waals surface area (Å²) in [7, 11) is 0. The normalized spacial score (nSPS) is 12.7. The molecule has 5 rings (SSSR count). The molecular formula is C20H16BN7O3S2. The number of aliphatic hydroxyl groups is 2. The Labute approximate surface area is 195 Å². The predicted octanol–water partition coefficient (Wildman–Crippen LogP) is 2.45. The van der Waals surface area contributed by atoms with Gasteiger partial charge < -0.3 is 0 Å². The van der Waals surface area contributed by atoms with Crippen LogP contribution in [-0.4, -0.2) is 52.5 Å². The van der Waals surface area contributed by atoms with Gasteiger partial charge in [-0.2, -0.15) is 0 Å². The summed E-state index contributed by atoms with van der Waals surface area (Å²) in [5, 5.41) is 27.9. The molecule has 0 aliphatic heterocycles. The number of H-pyrrole nitrogens is 1. The molecule has 5 heterocycles. The van der Waals surface area contributed by atoms with Gasteiger partial charge in [0.15, 0.2) is 0 Å². The number of hydrogen-bond acceptors (Lipinski definition) is 10. The second kappa shape index (κ2) is 9.62. The molecule has 0 bridgehead atoms. The summed E-state index contributed by atoms with van der Waals surface area (Å²) in [6.07, 6.45) is 7.54. The van der Waals surface area contributed by atoms with Crippen LogP contribution in [0.3, 0.4) is 0 Å². The Morgan fingerprint density at radius 1 is 1.24 bits per heavy atom. The summed E-state index contributed by atoms with van der Waals surface area (Å²) in [6.45, 7) is -0.388. The van der Waals surface area contributed by atoms with E-state index in [0.29, 0.717) is 33.4 Å². The van der Waals surface area contributed by atoms with Crippen LogP contribution in [0.25, 0.3) is 5.65 Å². The van der Waals surface area contributed by atoms with E-state index in [2.05, 4.69) is 30.1 Å². The number of aliphatic hydroxyl groups excluding tert-OH is 2. The molecule has 0 fully saturated rings. The van der Waals surface area contributed by atoms with E-state index < -0.39 is 6.10 Å². The van der Waals surface area contributed by atoms with Crippen LogP contribution in [0.2, 0.25) is 0 Å². The molecule has 10 nitrogen and oxygen atoms in total. The SMILES string of the molecule is OCC(O)c1bs/c(=N\c2ncc(Sc3ccccn3)cc2Oc2cccn3cnnc23)[nH]1. The minimum absolute atomic E-state index is 0.338. The number of aromatic nitrogens is 6. The molecular weight excluding hydrogens is 461 g/mol. The quantitative estimate of drug-likeness (QED) is 0.326. The molecule has 0 aliphatic rings. The van der Waals surface area contributed by atoms with Gasteiger partial charge in [-0.05, 0) is 0 Å². The Kier molecular flexibility index (Phi) is 6.26. The Morgan fingerprint density at radius 3 is 3.03 bits per heavy atom. The minimum atomic E-state index is -1.00. The zero-order valence-electron chi connectivity index (χ0n) is 16.9. The van der Waals surface area contributed by atoms with Crippen molar-refractivity contribution in [1.29, 1.82) is 0 Å². The van der Waals surface area contributed by atoms with E-state index in [-0.39, 0.29) is 6.61 Å². The van der Waals surface area contributed by atoms with E-state index in [0.717, 1.165) is 9.92 Å². The molecule has 3 N–H and O–H groups in total. The van der Waals surface area contributed by atoms with Crippen LogP contribution in [-0.2, 0) is 0 Å². The van der Waals surface area contributed by atoms with Crippen molar-refractivity contribution in [2.75, 3.05) is 6.61 Å². The predicted molar refractivity (Wildman–Crippen MR) is 123 cm³/mol. The van der Waals surface area contributed by atoms with Crippen molar-refractivity contribution in [2.24, 2.45) is 4.99 Å². The Morgan fingerprint density at radius 2 is 2.18 bits per heavy atom. The van der Waals surface area contributed by atoms with Crippen LogP contribution >= 0.6 is 22.9 Å². The van der Waals surface area contributed by atoms with Crippen molar-refractivity contribution in [1.82, 2.24) is 29.5 Å². The number of nitrogens with zero attached hydrogens (tertiary/aromatic N) is 6. The van der Waals surface area contributed by atoms with Crippen LogP contribution in [0, 0.1) is 0 Å². The van der Waals surface area contributed by atoms with Crippen LogP contribution in [0.1, 0.15) is 11.7 Å². The number of rotatable bonds is 7. The Bertz CT molecular complexity index is 1450. The fourth-order valence-electron chi connectivity index (χ4n) is 2.90. The third-order valence-corrected chi connectivity index (χ3v) is 6.16. The van der Waals surface area contributed by atoms with Gasteiger partial charge >= 0.3 is 196 Å². The van der Waals surface area contributed by atoms with Crippen molar-refractivity contribution in [3.05, 3.63) is 71.7 Å². The van der Waals surface area contributed by atoms with Gasteiger partial charge in [0, 0.05) is 0 Å². The number of ether oxygens (including phenoxy) is 1. The van der Waals surface area contributed by atoms with Gasteiger partial charge in [0.2, 0.25) is 0 Å². The van der Waals surface area contributed by atoms with Crippen molar-refractivity contribution in [2.45, 2.75) is 16.0 Å². The molecule has 1 unspecified atom stereocenters. The zero-order valence-corrected chi connectivity index (χ0v) is 18.6. The van der Waals surface area contributed by atoms with Gasteiger partial charge in [-0.3, -0.25) is 0 Å². The molecule has 0 amide bonds. The maximum absolute atomic E-state index is 9.83. The van der Waals surface area contributed by atoms with E-state index in [1.54, 1.807) is 35.4 Å². The fourth-order valence-corrected chi connectivity index (χ4v) is 4.44. The van der Waals surface area contributed by atoms with Crippen LogP contribution < -0.4 is 9.54 Å². The molecule has 5 aromatic heterocycles. The number of pyridine rings is 3. The number of fused-ring (bicyclic) bond motifs is 1. The second-order valence-electron chi connectivity index (χ2n) is 6.73. The molecule has 5 aromatic rings. The third kappa shape index (κ3) is 4.85. The van der Waals surface area contributed by atoms with E-state index in [1.165, 1.54) is 22.9 Å². The van der Waals surface area contributed by atoms with Gasteiger partial charge in [-0.1, -0.05) is 0 Å². The topological polar surface area (TPSA) is 134 Å². The average Bonchev–Trinajstić information content (AvgIpc) is 3.51. The van der Waals surface area contributed by atoms with E-state index in [4.69, 9.17) is 9.84 Å². The molecule has 0 aromatic carbocycles. The van der Waals surface area contributed by atoms with Crippen molar-refractivity contribution in [3.63, 3.8) is 0 Å². The average molecular weight is 477 g/mol. The molecule has 0 saturated heterocycles. The molecule has 0 spiro atoms. The standard InChI is InChI=1S/C20H16BN7O3S2/c29-10-13(30)17-21-33-20(25-17)26-18-15(31-14-4-3-7-28-11-24-27-19(14)28)8-12(9-23-18)32-16-5-1-2-6-22-16/h1-9,11,13,29-30H,10H2,(H,23,25,26). The first-order valence-corrected chi connectivity index (χ1v) is 11.5. The molecule has 1 atom stereocenters. The monoisotopic (exact) mass is 477 g/mol. The van der Waals surface area contributed by atoms with Gasteiger partial charge in [0.25, 0.3) is 0 Å². The van der Waals surface area contributed by atoms with Crippen LogP contribution in [0.5, 0.6) is 11.5 Å². The maximum atomic E-state index is 9.83. The summed E-state index contributed by atoms with van der Waals surface area (Å²) in [6, 6.07) is 11.1.